The van der Waals surface area contributed by atoms with Gasteiger partial charge in [0.25, 0.3) is 0 Å². The Hall–Kier alpha value is -1.10. The average molecular weight is 246 g/mol. The van der Waals surface area contributed by atoms with E-state index in [0.717, 1.165) is 0 Å². The van der Waals surface area contributed by atoms with Gasteiger partial charge in [0.05, 0.1) is 11.3 Å². The summed E-state index contributed by atoms with van der Waals surface area (Å²) in [5.74, 6) is -2.34. The first-order valence-corrected chi connectivity index (χ1v) is 5.72. The van der Waals surface area contributed by atoms with Crippen LogP contribution < -0.4 is 0 Å². The van der Waals surface area contributed by atoms with Crippen LogP contribution in [-0.2, 0) is 9.59 Å². The van der Waals surface area contributed by atoms with Gasteiger partial charge in [-0.3, -0.25) is 9.59 Å². The molecule has 1 aliphatic carbocycles. The van der Waals surface area contributed by atoms with Gasteiger partial charge >= 0.3 is 11.9 Å². The van der Waals surface area contributed by atoms with Crippen LogP contribution in [0.3, 0.4) is 0 Å². The minimum absolute atomic E-state index is 0.250. The van der Waals surface area contributed by atoms with Crippen molar-refractivity contribution < 1.29 is 24.9 Å². The molecule has 1 fully saturated rings. The van der Waals surface area contributed by atoms with Crippen molar-refractivity contribution in [2.24, 2.45) is 16.7 Å². The molecule has 1 aliphatic rings. The summed E-state index contributed by atoms with van der Waals surface area (Å²) in [6.45, 7) is 7.03. The maximum Gasteiger partial charge on any atom is 0.309 e. The number of rotatable bonds is 2. The van der Waals surface area contributed by atoms with Crippen molar-refractivity contribution >= 4 is 11.9 Å². The van der Waals surface area contributed by atoms with Gasteiger partial charge in [0.15, 0.2) is 0 Å². The van der Waals surface area contributed by atoms with E-state index in [1.807, 2.05) is 0 Å². The zero-order valence-electron chi connectivity index (χ0n) is 10.9. The molecule has 0 amide bonds. The van der Waals surface area contributed by atoms with Crippen molar-refractivity contribution in [3.8, 4) is 0 Å². The van der Waals surface area contributed by atoms with Gasteiger partial charge in [0, 0.05) is 6.61 Å². The van der Waals surface area contributed by atoms with Gasteiger partial charge in [0.2, 0.25) is 0 Å². The lowest BCUT2D eigenvalue weighted by Gasteiger charge is -2.36. The molecule has 0 radical (unpaired) electrons. The van der Waals surface area contributed by atoms with Crippen molar-refractivity contribution in [1.82, 2.24) is 0 Å². The van der Waals surface area contributed by atoms with Crippen molar-refractivity contribution in [2.75, 3.05) is 6.61 Å². The van der Waals surface area contributed by atoms with E-state index in [9.17, 15) is 9.59 Å². The molecular weight excluding hydrogens is 224 g/mol. The number of carboxylic acids is 2. The second-order valence-corrected chi connectivity index (χ2v) is 5.10. The van der Waals surface area contributed by atoms with Gasteiger partial charge < -0.3 is 15.3 Å². The fourth-order valence-electron chi connectivity index (χ4n) is 2.32. The molecule has 0 aromatic rings. The third-order valence-electron chi connectivity index (χ3n) is 4.00. The topological polar surface area (TPSA) is 94.8 Å². The maximum atomic E-state index is 11.1. The molecule has 0 bridgehead atoms. The second kappa shape index (κ2) is 5.49. The number of hydrogen-bond donors (Lipinski definition) is 3. The maximum absolute atomic E-state index is 11.1. The Morgan fingerprint density at radius 1 is 1.24 bits per heavy atom. The minimum Gasteiger partial charge on any atom is -0.481 e. The van der Waals surface area contributed by atoms with Crippen LogP contribution in [0.1, 0.15) is 40.5 Å². The largest absolute Gasteiger partial charge is 0.481 e. The monoisotopic (exact) mass is 246 g/mol. The number of hydrogen-bond acceptors (Lipinski definition) is 3. The first-order chi connectivity index (χ1) is 7.65. The predicted octanol–water partition coefficient (Wildman–Crippen LogP) is 1.60. The summed E-state index contributed by atoms with van der Waals surface area (Å²) in [5, 5.41) is 25.7. The third kappa shape index (κ3) is 2.77. The highest BCUT2D eigenvalue weighted by atomic mass is 16.4. The summed E-state index contributed by atoms with van der Waals surface area (Å²) in [4.78, 5) is 22.0. The summed E-state index contributed by atoms with van der Waals surface area (Å²) in [5.41, 5.74) is -1.61. The predicted molar refractivity (Wildman–Crippen MR) is 62.6 cm³/mol. The smallest absolute Gasteiger partial charge is 0.309 e. The molecule has 0 saturated heterocycles. The molecule has 3 N–H and O–H groups in total. The molecule has 2 atom stereocenters. The molecular formula is C12H22O5. The van der Waals surface area contributed by atoms with Crippen LogP contribution in [-0.4, -0.2) is 33.9 Å². The van der Waals surface area contributed by atoms with Crippen molar-refractivity contribution in [3.63, 3.8) is 0 Å². The first-order valence-electron chi connectivity index (χ1n) is 5.72. The minimum atomic E-state index is -0.921. The van der Waals surface area contributed by atoms with Crippen LogP contribution in [0, 0.1) is 16.7 Å². The van der Waals surface area contributed by atoms with Crippen LogP contribution in [0.2, 0.25) is 0 Å². The highest BCUT2D eigenvalue weighted by Crippen LogP contribution is 2.56. The van der Waals surface area contributed by atoms with Crippen molar-refractivity contribution in [3.05, 3.63) is 0 Å². The molecule has 0 aliphatic heterocycles. The van der Waals surface area contributed by atoms with E-state index >= 15 is 0 Å². The van der Waals surface area contributed by atoms with Crippen LogP contribution >= 0.6 is 0 Å². The lowest BCUT2D eigenvalue weighted by Crippen LogP contribution is -2.42. The summed E-state index contributed by atoms with van der Waals surface area (Å²) in [7, 11) is 0. The van der Waals surface area contributed by atoms with E-state index in [-0.39, 0.29) is 6.61 Å². The number of aliphatic carboxylic acids is 2. The molecule has 1 saturated carbocycles. The average Bonchev–Trinajstić information content (AvgIpc) is 2.40. The Morgan fingerprint density at radius 3 is 1.82 bits per heavy atom. The quantitative estimate of drug-likeness (QED) is 0.687. The molecule has 100 valence electrons. The highest BCUT2D eigenvalue weighted by molar-refractivity contribution is 5.80. The van der Waals surface area contributed by atoms with E-state index in [1.54, 1.807) is 27.7 Å². The standard InChI is InChI=1S/C10H16O4.C2H6O/c1-9(2)6(7(11)12)4-5-10(9,3)8(13)14;1-2-3/h6H,4-5H2,1-3H3,(H,11,12)(H,13,14);3H,2H2,1H3. The van der Waals surface area contributed by atoms with E-state index in [4.69, 9.17) is 15.3 Å². The fraction of sp³-hybridized carbons (Fsp3) is 0.833. The van der Waals surface area contributed by atoms with E-state index < -0.39 is 28.7 Å². The van der Waals surface area contributed by atoms with Crippen LogP contribution in [0.15, 0.2) is 0 Å². The van der Waals surface area contributed by atoms with Gasteiger partial charge in [-0.25, -0.2) is 0 Å². The summed E-state index contributed by atoms with van der Waals surface area (Å²) in [6.07, 6.45) is 0.886. The lowest BCUT2D eigenvalue weighted by atomic mass is 9.66. The van der Waals surface area contributed by atoms with Gasteiger partial charge in [-0.15, -0.1) is 0 Å². The molecule has 2 unspecified atom stereocenters. The number of carbonyl (C=O) groups is 2. The number of aliphatic hydroxyl groups excluding tert-OH is 1. The molecule has 0 aromatic heterocycles. The van der Waals surface area contributed by atoms with Gasteiger partial charge in [0.1, 0.15) is 0 Å². The van der Waals surface area contributed by atoms with E-state index in [1.165, 1.54) is 0 Å². The normalized spacial score (nSPS) is 30.3. The van der Waals surface area contributed by atoms with Crippen LogP contribution in [0.25, 0.3) is 0 Å². The Bertz CT molecular complexity index is 297. The Balaban J connectivity index is 0.000000770. The van der Waals surface area contributed by atoms with Crippen molar-refractivity contribution in [2.45, 2.75) is 40.5 Å². The first kappa shape index (κ1) is 15.9. The summed E-state index contributed by atoms with van der Waals surface area (Å²) < 4.78 is 0. The summed E-state index contributed by atoms with van der Waals surface area (Å²) >= 11 is 0. The Morgan fingerprint density at radius 2 is 1.65 bits per heavy atom. The molecule has 0 aromatic carbocycles. The van der Waals surface area contributed by atoms with E-state index in [0.29, 0.717) is 12.8 Å². The van der Waals surface area contributed by atoms with Crippen molar-refractivity contribution in [1.29, 1.82) is 0 Å². The molecule has 0 heterocycles. The van der Waals surface area contributed by atoms with Gasteiger partial charge in [-0.1, -0.05) is 13.8 Å². The second-order valence-electron chi connectivity index (χ2n) is 5.10. The zero-order chi connectivity index (χ0) is 13.9. The SMILES string of the molecule is CC1(C(=O)O)CCC(C(=O)O)C1(C)C.CCO. The molecule has 0 spiro atoms. The van der Waals surface area contributed by atoms with Gasteiger partial charge in [-0.2, -0.15) is 0 Å². The fourth-order valence-corrected chi connectivity index (χ4v) is 2.32. The molecule has 1 rings (SSSR count). The van der Waals surface area contributed by atoms with Crippen LogP contribution in [0.5, 0.6) is 0 Å². The molecule has 5 heteroatoms. The molecule has 5 nitrogen and oxygen atoms in total. The Labute approximate surface area is 101 Å². The Kier molecular flexibility index (Phi) is 5.13. The summed E-state index contributed by atoms with van der Waals surface area (Å²) in [6, 6.07) is 0. The zero-order valence-corrected chi connectivity index (χ0v) is 10.9. The number of aliphatic hydroxyl groups is 1. The third-order valence-corrected chi connectivity index (χ3v) is 4.00. The van der Waals surface area contributed by atoms with Crippen LogP contribution in [0.4, 0.5) is 0 Å². The molecule has 17 heavy (non-hydrogen) atoms. The number of carboxylic acid groups (broad SMARTS) is 2. The highest BCUT2D eigenvalue weighted by Gasteiger charge is 2.58. The van der Waals surface area contributed by atoms with E-state index in [2.05, 4.69) is 0 Å². The van der Waals surface area contributed by atoms with Gasteiger partial charge in [-0.05, 0) is 32.1 Å². The lowest BCUT2D eigenvalue weighted by molar-refractivity contribution is -0.157.